The Morgan fingerprint density at radius 3 is 1.13 bits per heavy atom. The van der Waals surface area contributed by atoms with Gasteiger partial charge in [-0.25, -0.2) is 5.06 Å². The fraction of sp³-hybridized carbons (Fsp3) is 0.463. The van der Waals surface area contributed by atoms with Crippen LogP contribution < -0.4 is 39.1 Å². The molecule has 0 saturated carbocycles. The maximum absolute atomic E-state index is 11.7. The summed E-state index contributed by atoms with van der Waals surface area (Å²) in [6.45, 7) is 49.2. The Hall–Kier alpha value is 1.38. The fourth-order valence-corrected chi connectivity index (χ4v) is 6.27. The van der Waals surface area contributed by atoms with E-state index >= 15 is 0 Å². The van der Waals surface area contributed by atoms with Crippen LogP contribution in [-0.4, -0.2) is 96.6 Å². The largest absolute Gasteiger partial charge is 2.00 e. The van der Waals surface area contributed by atoms with Gasteiger partial charge in [0.15, 0.2) is 0 Å². The zero-order valence-electron chi connectivity index (χ0n) is 46.8. The number of ether oxygens (including phenoxy) is 1. The minimum atomic E-state index is -5.50. The number of ketones is 3. The number of hydrogen-bond acceptors (Lipinski definition) is 11. The summed E-state index contributed by atoms with van der Waals surface area (Å²) < 4.78 is 65.4. The van der Waals surface area contributed by atoms with Crippen LogP contribution in [0.1, 0.15) is 106 Å². The molecule has 0 saturated heterocycles. The maximum Gasteiger partial charge on any atom is 2.00 e. The molecule has 0 aliphatic carbocycles. The average Bonchev–Trinajstić information content (AvgIpc) is 3.31. The van der Waals surface area contributed by atoms with Crippen LogP contribution in [0.15, 0.2) is 72.8 Å². The number of phenolic OH excluding ortho intramolecular Hbond substituents is 1. The first-order valence-electron chi connectivity index (χ1n) is 22.6. The smallest absolute Gasteiger partial charge is 1.00 e. The van der Waals surface area contributed by atoms with Gasteiger partial charge in [-0.15, -0.1) is 25.9 Å². The molecule has 0 aliphatic heterocycles. The predicted octanol–water partition coefficient (Wildman–Crippen LogP) is 8.96. The second-order valence-corrected chi connectivity index (χ2v) is 19.6. The number of hydroxylamine groups is 2. The van der Waals surface area contributed by atoms with E-state index < -0.39 is 38.0 Å². The Morgan fingerprint density at radius 2 is 0.893 bits per heavy atom. The van der Waals surface area contributed by atoms with Crippen molar-refractivity contribution in [2.45, 2.75) is 122 Å². The zero-order chi connectivity index (χ0) is 54.7. The van der Waals surface area contributed by atoms with E-state index in [1.807, 2.05) is 90.1 Å². The van der Waals surface area contributed by atoms with E-state index in [0.29, 0.717) is 25.9 Å². The monoisotopic (exact) mass is 2040 g/mol. The van der Waals surface area contributed by atoms with Crippen LogP contribution in [-0.2, 0) is 44.9 Å². The molecule has 0 aliphatic rings. The third-order valence-electron chi connectivity index (χ3n) is 11.3. The Bertz CT molecular complexity index is 1990. The van der Waals surface area contributed by atoms with Gasteiger partial charge >= 0.3 is 170 Å². The van der Waals surface area contributed by atoms with Crippen molar-refractivity contribution in [3.05, 3.63) is 145 Å². The second kappa shape index (κ2) is 45.8. The summed E-state index contributed by atoms with van der Waals surface area (Å²) >= 11 is 3.33. The van der Waals surface area contributed by atoms with Crippen molar-refractivity contribution in [2.24, 2.45) is 0 Å². The van der Waals surface area contributed by atoms with Crippen LogP contribution in [0.25, 0.3) is 0 Å². The summed E-state index contributed by atoms with van der Waals surface area (Å²) in [4.78, 5) is 42.2. The van der Waals surface area contributed by atoms with E-state index in [0.717, 1.165) is 53.2 Å². The molecule has 0 amide bonds. The molecule has 3 aromatic rings. The molecule has 75 heavy (non-hydrogen) atoms. The number of aromatic hydroxyl groups is 1. The minimum absolute atomic E-state index is 0. The van der Waals surface area contributed by atoms with Crippen molar-refractivity contribution in [3.63, 3.8) is 0 Å². The number of carbonyl (C=O) groups is 3. The number of rotatable bonds is 22. The summed E-state index contributed by atoms with van der Waals surface area (Å²) in [5.74, 6) is 2.18. The molecule has 410 valence electrons. The average molecular weight is 2040 g/mol. The van der Waals surface area contributed by atoms with E-state index in [9.17, 15) is 36.0 Å². The van der Waals surface area contributed by atoms with Gasteiger partial charge in [0, 0.05) is 40.3 Å². The third kappa shape index (κ3) is 34.6. The van der Waals surface area contributed by atoms with Gasteiger partial charge in [0.25, 0.3) is 0 Å². The summed E-state index contributed by atoms with van der Waals surface area (Å²) in [5, 5.41) is 11.7. The quantitative estimate of drug-likeness (QED) is 0.0258. The number of alkyl halides is 4. The molecule has 0 aromatic heterocycles. The van der Waals surface area contributed by atoms with Gasteiger partial charge in [-0.2, -0.15) is 34.4 Å². The van der Waals surface area contributed by atoms with Gasteiger partial charge in [-0.3, -0.25) is 18.6 Å². The molecule has 0 fully saturated rings. The van der Waals surface area contributed by atoms with Crippen molar-refractivity contribution in [3.8, 4) is 17.2 Å². The number of phenols is 1. The topological polar surface area (TPSA) is 140 Å². The molecule has 0 bridgehead atoms. The number of halogens is 4. The molecular weight excluding hydrogens is 1960 g/mol. The molecule has 11 nitrogen and oxygen atoms in total. The zero-order valence-corrected chi connectivity index (χ0v) is 66.9. The number of Topliss-reactive ketones (excluding diaryl/α,β-unsaturated/α-hetero) is 3. The van der Waals surface area contributed by atoms with E-state index in [-0.39, 0.29) is 197 Å². The van der Waals surface area contributed by atoms with Gasteiger partial charge in [-0.05, 0) is 115 Å². The maximum atomic E-state index is 11.7. The SMILES string of the molecule is CC(=O)C(C)(C)c1ccc(O)cc1.[CH2-]CC(C[CH2-])OS(=O)(=O)C(F)(F)F.[CH2-]CC(C[CH2-])Oc1ccc(C(C)(C)C(C)=O)cc1.[CH2-]CN(C[CH2-])CCBr.[CH2-]CN(C[CH2-])Oc1ccc(C(C)(C)C(C)=O)cc1.[H-].[Na+].[U+2].[U+2].[U+2].[U+2]. The van der Waals surface area contributed by atoms with Crippen molar-refractivity contribution >= 4 is 43.4 Å². The first kappa shape index (κ1) is 90.2. The van der Waals surface area contributed by atoms with E-state index in [1.54, 1.807) is 50.1 Å². The molecule has 0 unspecified atom stereocenters. The van der Waals surface area contributed by atoms with Crippen LogP contribution >= 0.6 is 15.9 Å². The van der Waals surface area contributed by atoms with Crippen molar-refractivity contribution < 1.29 is 210 Å². The predicted molar refractivity (Wildman–Crippen MR) is 281 cm³/mol. The van der Waals surface area contributed by atoms with Gasteiger partial charge in [0.1, 0.15) is 34.6 Å². The Balaban J connectivity index is -0.000000127. The van der Waals surface area contributed by atoms with E-state index in [4.69, 9.17) is 14.7 Å². The van der Waals surface area contributed by atoms with Crippen LogP contribution in [0.2, 0.25) is 0 Å². The summed E-state index contributed by atoms with van der Waals surface area (Å²) in [5.41, 5.74) is -3.84. The molecular formula is C54H79BrF3N2NaO9SU4. The molecule has 3 aromatic carbocycles. The van der Waals surface area contributed by atoms with Crippen LogP contribution in [0.4, 0.5) is 13.2 Å². The fourth-order valence-electron chi connectivity index (χ4n) is 5.11. The first-order chi connectivity index (χ1) is 32.4. The first-order valence-corrected chi connectivity index (χ1v) is 25.1. The second-order valence-electron chi connectivity index (χ2n) is 17.2. The Kier molecular flexibility index (Phi) is 55.1. The van der Waals surface area contributed by atoms with Gasteiger partial charge in [0.05, 0.1) is 0 Å². The Labute approximate surface area is 577 Å². The molecule has 0 radical (unpaired) electrons. The van der Waals surface area contributed by atoms with Crippen LogP contribution in [0.5, 0.6) is 17.2 Å². The molecule has 0 spiro atoms. The van der Waals surface area contributed by atoms with Crippen LogP contribution in [0, 0.1) is 180 Å². The van der Waals surface area contributed by atoms with E-state index in [2.05, 4.69) is 80.4 Å². The standard InChI is InChI=1S/C16H22O2.C15H21NO2.C11H14O2.C6H12BrN.C6H9F3O3S.Na.4U.H/c1-6-14(7-2)18-15-10-8-13(9-11-15)16(4,5)12(3)17;1-6-16(7-2)18-14-10-8-13(9-11-14)15(4,5)12(3)17;1-8(12)11(2,3)9-4-6-10(13)7-5-9;1-3-8(4-2)6-5-7;1-3-5(4-2)12-13(10,11)6(7,8)9;;;;;;/h8-11,14H,1-2,6-7H2,3-5H3;8-11H,1-2,6-7H2,3-5H3;4-7,13H,1-3H3;1-6H2;5H,1-4H2;;;;;;/q2*-2;;2*-2;+1;4*+2;-1. The van der Waals surface area contributed by atoms with Crippen molar-refractivity contribution in [1.29, 1.82) is 0 Å². The van der Waals surface area contributed by atoms with Crippen LogP contribution in [0.3, 0.4) is 0 Å². The normalized spacial score (nSPS) is 11.1. The third-order valence-corrected chi connectivity index (χ3v) is 12.7. The summed E-state index contributed by atoms with van der Waals surface area (Å²) in [7, 11) is -5.50. The Morgan fingerprint density at radius 1 is 0.587 bits per heavy atom. The molecule has 3 rings (SSSR count). The van der Waals surface area contributed by atoms with Gasteiger partial charge < -0.3 is 76.4 Å². The number of benzene rings is 3. The van der Waals surface area contributed by atoms with Gasteiger partial charge in [-0.1, -0.05) is 65.4 Å². The molecule has 0 heterocycles. The van der Waals surface area contributed by atoms with Crippen molar-refractivity contribution in [1.82, 2.24) is 9.96 Å². The molecule has 21 heteroatoms. The van der Waals surface area contributed by atoms with E-state index in [1.165, 1.54) is 0 Å². The number of nitrogens with zero attached hydrogens (tertiary/aromatic N) is 2. The molecule has 1 N–H and O–H groups in total. The van der Waals surface area contributed by atoms with Gasteiger partial charge in [0.2, 0.25) is 0 Å². The minimum Gasteiger partial charge on any atom is -1.00 e. The van der Waals surface area contributed by atoms with Crippen molar-refractivity contribution in [2.75, 3.05) is 38.1 Å². The molecule has 0 atom stereocenters. The number of carbonyl (C=O) groups excluding carboxylic acids is 3. The summed E-state index contributed by atoms with van der Waals surface area (Å²) in [6.07, 6.45) is 0.162. The summed E-state index contributed by atoms with van der Waals surface area (Å²) in [6, 6.07) is 22.0. The number of hydrogen-bond donors (Lipinski definition) is 1.